The molecule has 1 saturated heterocycles. The van der Waals surface area contributed by atoms with Gasteiger partial charge in [0, 0.05) is 0 Å². The fourth-order valence-corrected chi connectivity index (χ4v) is 4.41. The first-order valence-electron chi connectivity index (χ1n) is 10.5. The van der Waals surface area contributed by atoms with Crippen molar-refractivity contribution in [2.45, 2.75) is 36.9 Å². The Morgan fingerprint density at radius 2 is 2.11 bits per heavy atom. The first-order chi connectivity index (χ1) is 17.2. The maximum atomic E-state index is 12.1. The molecule has 1 aliphatic heterocycles. The number of carbonyl (C=O) groups is 1. The number of nitriles is 1. The van der Waals surface area contributed by atoms with E-state index in [-0.39, 0.29) is 29.6 Å². The highest BCUT2D eigenvalue weighted by atomic mass is 31.1. The van der Waals surface area contributed by atoms with Crippen LogP contribution < -0.4 is 19.9 Å². The summed E-state index contributed by atoms with van der Waals surface area (Å²) in [6.45, 7) is 0.920. The Morgan fingerprint density at radius 1 is 1.39 bits per heavy atom. The number of aliphatic carboxylic acids is 1. The average molecular weight is 516 g/mol. The van der Waals surface area contributed by atoms with Gasteiger partial charge in [0.1, 0.15) is 42.8 Å². The molecule has 4 rings (SSSR count). The van der Waals surface area contributed by atoms with Crippen LogP contribution in [0.25, 0.3) is 5.52 Å². The van der Waals surface area contributed by atoms with E-state index in [9.17, 15) is 25.2 Å². The highest BCUT2D eigenvalue weighted by Crippen LogP contribution is 2.41. The van der Waals surface area contributed by atoms with Gasteiger partial charge in [0.15, 0.2) is 17.6 Å². The molecule has 3 aromatic rings. The fourth-order valence-electron chi connectivity index (χ4n) is 3.67. The van der Waals surface area contributed by atoms with Crippen molar-refractivity contribution in [2.75, 3.05) is 12.3 Å². The standard InChI is InChI=1S/C21H21N6O8P/c1-11(20(30)31)26-36(32)35-14-5-3-2-4-13(14)33-8-15-17(28)18(29)21(9-22,34-15)16-7-6-12-19(23)24-10-25-27(12)16/h2-7,10-11,15,17-18,28-29H,8H2,1H3,(H,30,31)(H2,23,24,25)/t11?,15-,17-,18-,21+/m1/s1. The molecule has 2 aromatic heterocycles. The Labute approximate surface area is 204 Å². The number of aliphatic hydroxyl groups excluding tert-OH is 2. The van der Waals surface area contributed by atoms with Crippen LogP contribution in [0.4, 0.5) is 5.82 Å². The lowest BCUT2D eigenvalue weighted by molar-refractivity contribution is -0.169. The molecular weight excluding hydrogens is 495 g/mol. The molecule has 0 bridgehead atoms. The van der Waals surface area contributed by atoms with Gasteiger partial charge in [-0.05, 0) is 31.2 Å². The number of aromatic nitrogens is 3. The van der Waals surface area contributed by atoms with Gasteiger partial charge >= 0.3 is 14.1 Å². The van der Waals surface area contributed by atoms with E-state index in [1.54, 1.807) is 18.2 Å². The number of hydrogen-bond acceptors (Lipinski definition) is 12. The minimum atomic E-state index is -2.72. The zero-order valence-electron chi connectivity index (χ0n) is 18.7. The summed E-state index contributed by atoms with van der Waals surface area (Å²) in [5, 5.41) is 44.4. The molecule has 36 heavy (non-hydrogen) atoms. The van der Waals surface area contributed by atoms with Crippen LogP contribution in [0.3, 0.4) is 0 Å². The summed E-state index contributed by atoms with van der Waals surface area (Å²) in [4.78, 5) is 26.9. The molecule has 1 aromatic carbocycles. The van der Waals surface area contributed by atoms with E-state index in [1.165, 1.54) is 36.0 Å². The zero-order chi connectivity index (χ0) is 26.0. The predicted molar refractivity (Wildman–Crippen MR) is 121 cm³/mol. The van der Waals surface area contributed by atoms with Crippen LogP contribution in [0.2, 0.25) is 0 Å². The number of nitrogens with zero attached hydrogens (tertiary/aromatic N) is 5. The number of rotatable bonds is 8. The first-order valence-corrected chi connectivity index (χ1v) is 11.7. The van der Waals surface area contributed by atoms with E-state index in [0.717, 1.165) is 0 Å². The first kappa shape index (κ1) is 25.2. The molecule has 0 aliphatic carbocycles. The number of benzene rings is 1. The third-order valence-corrected chi connectivity index (χ3v) is 6.43. The van der Waals surface area contributed by atoms with Crippen LogP contribution in [-0.2, 0) is 15.1 Å². The molecule has 2 unspecified atom stereocenters. The van der Waals surface area contributed by atoms with E-state index in [2.05, 4.69) is 14.8 Å². The molecule has 1 aliphatic rings. The molecule has 0 radical (unpaired) electrons. The number of fused-ring (bicyclic) bond motifs is 1. The van der Waals surface area contributed by atoms with E-state index in [0.29, 0.717) is 5.52 Å². The van der Waals surface area contributed by atoms with Gasteiger partial charge in [-0.2, -0.15) is 10.4 Å². The molecule has 0 amide bonds. The summed E-state index contributed by atoms with van der Waals surface area (Å²) >= 11 is 0. The topological polar surface area (TPSA) is 221 Å². The van der Waals surface area contributed by atoms with E-state index in [1.807, 2.05) is 6.07 Å². The normalized spacial score (nSPS) is 24.9. The van der Waals surface area contributed by atoms with Crippen LogP contribution in [0.1, 0.15) is 12.6 Å². The van der Waals surface area contributed by atoms with Gasteiger partial charge in [0.2, 0.25) is 11.4 Å². The number of nitrogens with two attached hydrogens (primary N) is 1. The quantitative estimate of drug-likeness (QED) is 0.289. The average Bonchev–Trinajstić information content (AvgIpc) is 3.39. The van der Waals surface area contributed by atoms with Crippen molar-refractivity contribution in [1.29, 1.82) is 5.26 Å². The minimum absolute atomic E-state index is 0.00397. The van der Waals surface area contributed by atoms with Crippen LogP contribution in [0.5, 0.6) is 11.5 Å². The van der Waals surface area contributed by atoms with E-state index in [4.69, 9.17) is 24.8 Å². The SMILES string of the molecule is CC(N=[P+]([O-])Oc1ccccc1OC[C@H]1O[C@@](C#N)(c2ccc3c(N)ncnn23)[C@H](O)[C@@H]1O)C(=O)O. The van der Waals surface area contributed by atoms with E-state index >= 15 is 0 Å². The van der Waals surface area contributed by atoms with Gasteiger partial charge in [-0.1, -0.05) is 16.9 Å². The Morgan fingerprint density at radius 3 is 2.81 bits per heavy atom. The zero-order valence-corrected chi connectivity index (χ0v) is 19.6. The largest absolute Gasteiger partial charge is 0.575 e. The summed E-state index contributed by atoms with van der Waals surface area (Å²) in [6.07, 6.45) is -3.17. The number of aliphatic hydroxyl groups is 2. The third-order valence-electron chi connectivity index (χ3n) is 5.54. The molecule has 0 saturated carbocycles. The van der Waals surface area contributed by atoms with Gasteiger partial charge in [-0.25, -0.2) is 14.3 Å². The van der Waals surface area contributed by atoms with Gasteiger partial charge < -0.3 is 35.4 Å². The molecule has 3 heterocycles. The van der Waals surface area contributed by atoms with Crippen molar-refractivity contribution in [3.05, 3.63) is 48.4 Å². The lowest BCUT2D eigenvalue weighted by Gasteiger charge is -2.24. The molecule has 14 nitrogen and oxygen atoms in total. The fraction of sp³-hybridized carbons (Fsp3) is 0.333. The Bertz CT molecular complexity index is 1360. The van der Waals surface area contributed by atoms with Crippen molar-refractivity contribution in [2.24, 2.45) is 4.74 Å². The van der Waals surface area contributed by atoms with Gasteiger partial charge in [-0.3, -0.25) is 4.52 Å². The van der Waals surface area contributed by atoms with Crippen molar-refractivity contribution in [3.63, 3.8) is 0 Å². The summed E-state index contributed by atoms with van der Waals surface area (Å²) in [7, 11) is -2.72. The van der Waals surface area contributed by atoms with Crippen molar-refractivity contribution in [3.8, 4) is 17.6 Å². The second-order valence-corrected chi connectivity index (χ2v) is 8.71. The summed E-state index contributed by atoms with van der Waals surface area (Å²) in [6, 6.07) is 9.82. The van der Waals surface area contributed by atoms with E-state index < -0.39 is 44.1 Å². The highest BCUT2D eigenvalue weighted by molar-refractivity contribution is 7.34. The molecule has 1 fully saturated rings. The Hall–Kier alpha value is -3.86. The van der Waals surface area contributed by atoms with Crippen LogP contribution in [0, 0.1) is 11.3 Å². The number of nitrogen functional groups attached to an aromatic ring is 1. The van der Waals surface area contributed by atoms with Gasteiger partial charge in [0.05, 0.1) is 5.69 Å². The number of ether oxygens (including phenoxy) is 2. The second kappa shape index (κ2) is 10.0. The molecule has 0 spiro atoms. The van der Waals surface area contributed by atoms with Gasteiger partial charge in [0.25, 0.3) is 0 Å². The molecule has 6 atom stereocenters. The maximum Gasteiger partial charge on any atom is 0.395 e. The van der Waals surface area contributed by atoms with Gasteiger partial charge in [-0.15, -0.1) is 0 Å². The molecule has 15 heteroatoms. The Balaban J connectivity index is 1.54. The smallest absolute Gasteiger partial charge is 0.395 e. The van der Waals surface area contributed by atoms with Crippen LogP contribution in [-0.4, -0.2) is 66.8 Å². The summed E-state index contributed by atoms with van der Waals surface area (Å²) < 4.78 is 21.6. The summed E-state index contributed by atoms with van der Waals surface area (Å²) in [5.74, 6) is -1.02. The number of carboxylic acids is 1. The van der Waals surface area contributed by atoms with Crippen molar-refractivity contribution in [1.82, 2.24) is 14.6 Å². The van der Waals surface area contributed by atoms with Crippen LogP contribution in [0.15, 0.2) is 47.5 Å². The molecular formula is C21H21N6O8P. The molecule has 5 N–H and O–H groups in total. The van der Waals surface area contributed by atoms with Crippen molar-refractivity contribution >= 4 is 25.5 Å². The third kappa shape index (κ3) is 4.53. The van der Waals surface area contributed by atoms with Crippen LogP contribution >= 0.6 is 8.17 Å². The monoisotopic (exact) mass is 516 g/mol. The molecule has 188 valence electrons. The number of para-hydroxylation sites is 2. The summed E-state index contributed by atoms with van der Waals surface area (Å²) in [5.41, 5.74) is 4.37. The number of hydrogen-bond donors (Lipinski definition) is 4. The minimum Gasteiger partial charge on any atom is -0.575 e. The lowest BCUT2D eigenvalue weighted by atomic mass is 9.92. The highest BCUT2D eigenvalue weighted by Gasteiger charge is 2.57. The maximum absolute atomic E-state index is 12.1. The Kier molecular flexibility index (Phi) is 7.02. The van der Waals surface area contributed by atoms with Crippen molar-refractivity contribution < 1.29 is 39.0 Å². The predicted octanol–water partition coefficient (Wildman–Crippen LogP) is -0.0623. The number of carboxylic acid groups (broad SMARTS) is 1. The second-order valence-electron chi connectivity index (χ2n) is 7.82. The number of anilines is 1. The lowest BCUT2D eigenvalue weighted by Crippen LogP contribution is -2.41.